The highest BCUT2D eigenvalue weighted by molar-refractivity contribution is 5.80. The number of rotatable bonds is 4. The second-order valence-corrected chi connectivity index (χ2v) is 3.38. The largest absolute Gasteiger partial charge is 0.384 e. The molecule has 0 saturated heterocycles. The van der Waals surface area contributed by atoms with Gasteiger partial charge >= 0.3 is 0 Å². The quantitative estimate of drug-likeness (QED) is 0.648. The third kappa shape index (κ3) is 4.26. The lowest BCUT2D eigenvalue weighted by Crippen LogP contribution is -2.35. The van der Waals surface area contributed by atoms with Gasteiger partial charge in [0.2, 0.25) is 11.9 Å². The molecule has 0 bridgehead atoms. The first-order valence-electron chi connectivity index (χ1n) is 4.69. The first-order valence-corrected chi connectivity index (χ1v) is 4.69. The molecule has 0 saturated carbocycles. The fraction of sp³-hybridized carbons (Fsp3) is 0.444. The predicted octanol–water partition coefficient (Wildman–Crippen LogP) is -0.00470. The van der Waals surface area contributed by atoms with Crippen LogP contribution in [0.25, 0.3) is 0 Å². The first kappa shape index (κ1) is 11.2. The number of carbonyl (C=O) groups is 1. The number of aromatic nitrogens is 2. The van der Waals surface area contributed by atoms with Crippen molar-refractivity contribution in [2.75, 3.05) is 17.6 Å². The summed E-state index contributed by atoms with van der Waals surface area (Å²) in [4.78, 5) is 19.1. The molecule has 1 heterocycles. The van der Waals surface area contributed by atoms with Crippen molar-refractivity contribution in [3.05, 3.63) is 12.3 Å². The van der Waals surface area contributed by atoms with Crippen LogP contribution in [0.4, 0.5) is 11.8 Å². The molecule has 4 N–H and O–H groups in total. The Bertz CT molecular complexity index is 339. The fourth-order valence-corrected chi connectivity index (χ4v) is 0.990. The van der Waals surface area contributed by atoms with E-state index in [9.17, 15) is 4.79 Å². The predicted molar refractivity (Wildman–Crippen MR) is 58.2 cm³/mol. The smallest absolute Gasteiger partial charge is 0.239 e. The highest BCUT2D eigenvalue weighted by Crippen LogP contribution is 1.99. The van der Waals surface area contributed by atoms with Gasteiger partial charge in [0, 0.05) is 12.2 Å². The number of nitrogens with one attached hydrogen (secondary N) is 2. The molecule has 15 heavy (non-hydrogen) atoms. The number of anilines is 2. The molecule has 1 aromatic heterocycles. The van der Waals surface area contributed by atoms with Crippen LogP contribution < -0.4 is 16.4 Å². The number of hydrogen-bond donors (Lipinski definition) is 3. The van der Waals surface area contributed by atoms with Crippen LogP contribution in [0.15, 0.2) is 12.3 Å². The van der Waals surface area contributed by atoms with E-state index in [1.165, 1.54) is 6.20 Å². The van der Waals surface area contributed by atoms with Crippen molar-refractivity contribution in [2.24, 2.45) is 0 Å². The lowest BCUT2D eigenvalue weighted by molar-refractivity contribution is -0.119. The van der Waals surface area contributed by atoms with E-state index in [1.54, 1.807) is 6.07 Å². The van der Waals surface area contributed by atoms with Crippen molar-refractivity contribution in [1.29, 1.82) is 0 Å². The van der Waals surface area contributed by atoms with Crippen molar-refractivity contribution < 1.29 is 4.79 Å². The topological polar surface area (TPSA) is 92.9 Å². The van der Waals surface area contributed by atoms with Gasteiger partial charge in [0.05, 0.1) is 6.54 Å². The minimum absolute atomic E-state index is 0.101. The monoisotopic (exact) mass is 209 g/mol. The zero-order valence-corrected chi connectivity index (χ0v) is 8.82. The van der Waals surface area contributed by atoms with Crippen molar-refractivity contribution in [3.63, 3.8) is 0 Å². The standard InChI is InChI=1S/C9H15N5O/c1-6(2)13-8(15)5-12-9-11-4-3-7(10)14-9/h3-4,6H,5H2,1-2H3,(H,13,15)(H3,10,11,12,14). The molecular formula is C9H15N5O. The third-order valence-corrected chi connectivity index (χ3v) is 1.53. The molecule has 1 aromatic rings. The van der Waals surface area contributed by atoms with Gasteiger partial charge in [0.1, 0.15) is 5.82 Å². The van der Waals surface area contributed by atoms with E-state index in [0.717, 1.165) is 0 Å². The Balaban J connectivity index is 2.40. The van der Waals surface area contributed by atoms with Crippen LogP contribution in [0.3, 0.4) is 0 Å². The Morgan fingerprint density at radius 3 is 2.93 bits per heavy atom. The molecule has 1 rings (SSSR count). The van der Waals surface area contributed by atoms with Crippen LogP contribution in [0.2, 0.25) is 0 Å². The van der Waals surface area contributed by atoms with E-state index < -0.39 is 0 Å². The van der Waals surface area contributed by atoms with Gasteiger partial charge in [-0.2, -0.15) is 4.98 Å². The lowest BCUT2D eigenvalue weighted by atomic mass is 10.4. The number of nitrogens with zero attached hydrogens (tertiary/aromatic N) is 2. The van der Waals surface area contributed by atoms with Crippen LogP contribution in [0, 0.1) is 0 Å². The van der Waals surface area contributed by atoms with Crippen LogP contribution in [-0.2, 0) is 4.79 Å². The summed E-state index contributed by atoms with van der Waals surface area (Å²) in [5.41, 5.74) is 5.45. The molecule has 0 aromatic carbocycles. The van der Waals surface area contributed by atoms with Gasteiger partial charge in [-0.3, -0.25) is 4.79 Å². The van der Waals surface area contributed by atoms with Crippen molar-refractivity contribution >= 4 is 17.7 Å². The van der Waals surface area contributed by atoms with E-state index in [2.05, 4.69) is 20.6 Å². The van der Waals surface area contributed by atoms with Gasteiger partial charge < -0.3 is 16.4 Å². The molecule has 0 aliphatic rings. The van der Waals surface area contributed by atoms with E-state index in [0.29, 0.717) is 11.8 Å². The molecule has 0 unspecified atom stereocenters. The minimum Gasteiger partial charge on any atom is -0.384 e. The van der Waals surface area contributed by atoms with E-state index >= 15 is 0 Å². The van der Waals surface area contributed by atoms with Crippen LogP contribution in [0.5, 0.6) is 0 Å². The SMILES string of the molecule is CC(C)NC(=O)CNc1nccc(N)n1. The van der Waals surface area contributed by atoms with Crippen molar-refractivity contribution in [1.82, 2.24) is 15.3 Å². The highest BCUT2D eigenvalue weighted by atomic mass is 16.1. The van der Waals surface area contributed by atoms with Crippen LogP contribution >= 0.6 is 0 Å². The summed E-state index contributed by atoms with van der Waals surface area (Å²) in [6, 6.07) is 1.71. The summed E-state index contributed by atoms with van der Waals surface area (Å²) in [5, 5.41) is 5.52. The Morgan fingerprint density at radius 2 is 2.33 bits per heavy atom. The van der Waals surface area contributed by atoms with Crippen LogP contribution in [-0.4, -0.2) is 28.5 Å². The highest BCUT2D eigenvalue weighted by Gasteiger charge is 2.03. The molecule has 82 valence electrons. The Kier molecular flexibility index (Phi) is 3.84. The maximum absolute atomic E-state index is 11.3. The fourth-order valence-electron chi connectivity index (χ4n) is 0.990. The number of amides is 1. The molecule has 0 aliphatic heterocycles. The molecule has 6 nitrogen and oxygen atoms in total. The number of hydrogen-bond acceptors (Lipinski definition) is 5. The van der Waals surface area contributed by atoms with E-state index in [-0.39, 0.29) is 18.5 Å². The third-order valence-electron chi connectivity index (χ3n) is 1.53. The van der Waals surface area contributed by atoms with Crippen molar-refractivity contribution in [2.45, 2.75) is 19.9 Å². The summed E-state index contributed by atoms with van der Waals surface area (Å²) in [6.45, 7) is 3.94. The number of carbonyl (C=O) groups excluding carboxylic acids is 1. The van der Waals surface area contributed by atoms with E-state index in [4.69, 9.17) is 5.73 Å². The van der Waals surface area contributed by atoms with Gasteiger partial charge in [0.25, 0.3) is 0 Å². The Morgan fingerprint density at radius 1 is 1.60 bits per heavy atom. The zero-order chi connectivity index (χ0) is 11.3. The average Bonchev–Trinajstić information content (AvgIpc) is 2.14. The van der Waals surface area contributed by atoms with Gasteiger partial charge in [-0.05, 0) is 19.9 Å². The summed E-state index contributed by atoms with van der Waals surface area (Å²) in [6.07, 6.45) is 1.53. The minimum atomic E-state index is -0.101. The lowest BCUT2D eigenvalue weighted by Gasteiger charge is -2.08. The maximum atomic E-state index is 11.3. The number of nitrogen functional groups attached to an aromatic ring is 1. The Hall–Kier alpha value is -1.85. The van der Waals surface area contributed by atoms with E-state index in [1.807, 2.05) is 13.8 Å². The second kappa shape index (κ2) is 5.14. The van der Waals surface area contributed by atoms with Crippen molar-refractivity contribution in [3.8, 4) is 0 Å². The second-order valence-electron chi connectivity index (χ2n) is 3.38. The molecule has 0 aliphatic carbocycles. The first-order chi connectivity index (χ1) is 7.08. The molecule has 0 spiro atoms. The molecule has 0 atom stereocenters. The molecule has 0 radical (unpaired) electrons. The average molecular weight is 209 g/mol. The van der Waals surface area contributed by atoms with Gasteiger partial charge in [-0.1, -0.05) is 0 Å². The Labute approximate surface area is 88.3 Å². The van der Waals surface area contributed by atoms with Gasteiger partial charge in [0.15, 0.2) is 0 Å². The van der Waals surface area contributed by atoms with Gasteiger partial charge in [-0.25, -0.2) is 4.98 Å². The maximum Gasteiger partial charge on any atom is 0.239 e. The molecule has 6 heteroatoms. The molecular weight excluding hydrogens is 194 g/mol. The summed E-state index contributed by atoms with van der Waals surface area (Å²) in [7, 11) is 0. The summed E-state index contributed by atoms with van der Waals surface area (Å²) < 4.78 is 0. The summed E-state index contributed by atoms with van der Waals surface area (Å²) >= 11 is 0. The molecule has 0 fully saturated rings. The van der Waals surface area contributed by atoms with Gasteiger partial charge in [-0.15, -0.1) is 0 Å². The molecule has 1 amide bonds. The van der Waals surface area contributed by atoms with Crippen LogP contribution in [0.1, 0.15) is 13.8 Å². The summed E-state index contributed by atoms with van der Waals surface area (Å²) in [5.74, 6) is 0.627. The normalized spacial score (nSPS) is 10.1. The zero-order valence-electron chi connectivity index (χ0n) is 8.82. The number of nitrogens with two attached hydrogens (primary N) is 1.